The van der Waals surface area contributed by atoms with Gasteiger partial charge in [0, 0.05) is 32.5 Å². The standard InChI is InChI=1S/C16H16F2N4O2S/c1-3-24-7-6-22-14-11(18)8-10(17)9-13(14)25-16(22)20-15(23)12-4-5-19-21(12)2/h4-5,8-9H,3,6-7H2,1-2H3. The first kappa shape index (κ1) is 17.4. The monoisotopic (exact) mass is 366 g/mol. The molecule has 9 heteroatoms. The third kappa shape index (κ3) is 3.52. The molecule has 0 fully saturated rings. The highest BCUT2D eigenvalue weighted by Gasteiger charge is 2.15. The Hall–Kier alpha value is -2.39. The van der Waals surface area contributed by atoms with Crippen molar-refractivity contribution in [3.8, 4) is 0 Å². The number of benzene rings is 1. The molecule has 0 radical (unpaired) electrons. The van der Waals surface area contributed by atoms with E-state index in [1.54, 1.807) is 17.7 Å². The predicted molar refractivity (Wildman–Crippen MR) is 89.3 cm³/mol. The molecule has 3 rings (SSSR count). The molecule has 0 bridgehead atoms. The van der Waals surface area contributed by atoms with E-state index in [9.17, 15) is 13.6 Å². The molecule has 132 valence electrons. The molecule has 0 aliphatic carbocycles. The summed E-state index contributed by atoms with van der Waals surface area (Å²) >= 11 is 1.05. The maximum absolute atomic E-state index is 14.3. The molecule has 2 heterocycles. The minimum Gasteiger partial charge on any atom is -0.380 e. The van der Waals surface area contributed by atoms with Gasteiger partial charge in [0.1, 0.15) is 11.5 Å². The summed E-state index contributed by atoms with van der Waals surface area (Å²) in [5.74, 6) is -1.87. The molecule has 25 heavy (non-hydrogen) atoms. The number of halogens is 2. The zero-order chi connectivity index (χ0) is 18.0. The van der Waals surface area contributed by atoms with Crippen LogP contribution < -0.4 is 4.80 Å². The number of nitrogens with zero attached hydrogens (tertiary/aromatic N) is 4. The van der Waals surface area contributed by atoms with Crippen molar-refractivity contribution in [3.63, 3.8) is 0 Å². The number of rotatable bonds is 5. The Balaban J connectivity index is 2.14. The molecule has 1 amide bonds. The van der Waals surface area contributed by atoms with Gasteiger partial charge in [0.05, 0.1) is 16.8 Å². The van der Waals surface area contributed by atoms with Gasteiger partial charge in [-0.2, -0.15) is 10.1 Å². The van der Waals surface area contributed by atoms with Crippen molar-refractivity contribution in [2.75, 3.05) is 13.2 Å². The summed E-state index contributed by atoms with van der Waals surface area (Å²) in [6.07, 6.45) is 1.49. The predicted octanol–water partition coefficient (Wildman–Crippen LogP) is 2.49. The fraction of sp³-hybridized carbons (Fsp3) is 0.312. The SMILES string of the molecule is CCOCCn1c(=NC(=O)c2ccnn2C)sc2cc(F)cc(F)c21. The number of aromatic nitrogens is 3. The first-order valence-electron chi connectivity index (χ1n) is 7.64. The van der Waals surface area contributed by atoms with E-state index >= 15 is 0 Å². The van der Waals surface area contributed by atoms with Crippen molar-refractivity contribution in [2.45, 2.75) is 13.5 Å². The zero-order valence-electron chi connectivity index (χ0n) is 13.7. The lowest BCUT2D eigenvalue weighted by molar-refractivity contribution is 0.0987. The lowest BCUT2D eigenvalue weighted by atomic mass is 10.3. The van der Waals surface area contributed by atoms with Crippen LogP contribution >= 0.6 is 11.3 Å². The number of hydrogen-bond donors (Lipinski definition) is 0. The maximum Gasteiger partial charge on any atom is 0.297 e. The molecular weight excluding hydrogens is 350 g/mol. The van der Waals surface area contributed by atoms with Crippen LogP contribution in [0.3, 0.4) is 0 Å². The van der Waals surface area contributed by atoms with Crippen molar-refractivity contribution in [1.82, 2.24) is 14.3 Å². The fourth-order valence-corrected chi connectivity index (χ4v) is 3.54. The Morgan fingerprint density at radius 2 is 2.20 bits per heavy atom. The lowest BCUT2D eigenvalue weighted by Gasteiger charge is -2.06. The van der Waals surface area contributed by atoms with Crippen LogP contribution in [0.5, 0.6) is 0 Å². The van der Waals surface area contributed by atoms with Crippen LogP contribution in [-0.4, -0.2) is 33.5 Å². The van der Waals surface area contributed by atoms with Crippen LogP contribution in [0.1, 0.15) is 17.4 Å². The molecule has 3 aromatic rings. The summed E-state index contributed by atoms with van der Waals surface area (Å²) in [7, 11) is 1.63. The van der Waals surface area contributed by atoms with Crippen LogP contribution in [0, 0.1) is 11.6 Å². The van der Waals surface area contributed by atoms with Crippen LogP contribution in [0.4, 0.5) is 8.78 Å². The fourth-order valence-electron chi connectivity index (χ4n) is 2.45. The number of carbonyl (C=O) groups is 1. The molecular formula is C16H16F2N4O2S. The largest absolute Gasteiger partial charge is 0.380 e. The second-order valence-corrected chi connectivity index (χ2v) is 6.23. The molecule has 0 N–H and O–H groups in total. The Kier molecular flexibility index (Phi) is 5.05. The maximum atomic E-state index is 14.3. The van der Waals surface area contributed by atoms with Crippen molar-refractivity contribution in [1.29, 1.82) is 0 Å². The Morgan fingerprint density at radius 3 is 2.88 bits per heavy atom. The summed E-state index contributed by atoms with van der Waals surface area (Å²) in [4.78, 5) is 16.7. The second kappa shape index (κ2) is 7.24. The summed E-state index contributed by atoms with van der Waals surface area (Å²) < 4.78 is 36.4. The van der Waals surface area contributed by atoms with Gasteiger partial charge in [-0.25, -0.2) is 8.78 Å². The van der Waals surface area contributed by atoms with E-state index in [0.717, 1.165) is 17.4 Å². The Labute approximate surface area is 146 Å². The molecule has 0 spiro atoms. The van der Waals surface area contributed by atoms with E-state index in [4.69, 9.17) is 4.74 Å². The van der Waals surface area contributed by atoms with Crippen LogP contribution in [0.2, 0.25) is 0 Å². The first-order chi connectivity index (χ1) is 12.0. The highest BCUT2D eigenvalue weighted by Crippen LogP contribution is 2.22. The molecule has 1 aromatic carbocycles. The van der Waals surface area contributed by atoms with Crippen LogP contribution in [-0.2, 0) is 18.3 Å². The third-order valence-electron chi connectivity index (χ3n) is 3.60. The zero-order valence-corrected chi connectivity index (χ0v) is 14.5. The number of hydrogen-bond acceptors (Lipinski definition) is 4. The molecule has 6 nitrogen and oxygen atoms in total. The topological polar surface area (TPSA) is 61.4 Å². The molecule has 0 saturated heterocycles. The first-order valence-corrected chi connectivity index (χ1v) is 8.46. The number of carbonyl (C=O) groups excluding carboxylic acids is 1. The van der Waals surface area contributed by atoms with Crippen molar-refractivity contribution < 1.29 is 18.3 Å². The highest BCUT2D eigenvalue weighted by atomic mass is 32.1. The van der Waals surface area contributed by atoms with Gasteiger partial charge in [-0.1, -0.05) is 11.3 Å². The normalized spacial score (nSPS) is 12.2. The van der Waals surface area contributed by atoms with Gasteiger partial charge in [0.25, 0.3) is 5.91 Å². The van der Waals surface area contributed by atoms with E-state index in [1.165, 1.54) is 16.9 Å². The molecule has 0 saturated carbocycles. The van der Waals surface area contributed by atoms with E-state index in [-0.39, 0.29) is 10.3 Å². The second-order valence-electron chi connectivity index (χ2n) is 5.22. The molecule has 0 atom stereocenters. The van der Waals surface area contributed by atoms with Crippen LogP contribution in [0.25, 0.3) is 10.2 Å². The summed E-state index contributed by atoms with van der Waals surface area (Å²) in [5, 5.41) is 3.93. The number of fused-ring (bicyclic) bond motifs is 1. The van der Waals surface area contributed by atoms with Crippen molar-refractivity contribution in [2.24, 2.45) is 12.0 Å². The van der Waals surface area contributed by atoms with Crippen molar-refractivity contribution in [3.05, 3.63) is 46.5 Å². The van der Waals surface area contributed by atoms with E-state index in [0.29, 0.717) is 30.2 Å². The van der Waals surface area contributed by atoms with E-state index < -0.39 is 17.5 Å². The summed E-state index contributed by atoms with van der Waals surface area (Å²) in [5.41, 5.74) is 0.517. The van der Waals surface area contributed by atoms with Gasteiger partial charge in [0.2, 0.25) is 0 Å². The van der Waals surface area contributed by atoms with Gasteiger partial charge in [-0.05, 0) is 19.1 Å². The number of ether oxygens (including phenoxy) is 1. The number of amides is 1. The minimum absolute atomic E-state index is 0.211. The van der Waals surface area contributed by atoms with Gasteiger partial charge in [-0.3, -0.25) is 9.48 Å². The Morgan fingerprint density at radius 1 is 1.40 bits per heavy atom. The minimum atomic E-state index is -0.697. The molecule has 0 unspecified atom stereocenters. The van der Waals surface area contributed by atoms with Gasteiger partial charge >= 0.3 is 0 Å². The van der Waals surface area contributed by atoms with E-state index in [1.807, 2.05) is 6.92 Å². The molecule has 0 aliphatic heterocycles. The Bertz CT molecular complexity index is 990. The summed E-state index contributed by atoms with van der Waals surface area (Å²) in [6, 6.07) is 3.59. The summed E-state index contributed by atoms with van der Waals surface area (Å²) in [6.45, 7) is 2.99. The molecule has 0 aliphatic rings. The lowest BCUT2D eigenvalue weighted by Crippen LogP contribution is -2.20. The van der Waals surface area contributed by atoms with Crippen LogP contribution in [0.15, 0.2) is 29.4 Å². The van der Waals surface area contributed by atoms with Gasteiger partial charge < -0.3 is 9.30 Å². The van der Waals surface area contributed by atoms with Crippen molar-refractivity contribution >= 4 is 27.5 Å². The highest BCUT2D eigenvalue weighted by molar-refractivity contribution is 7.16. The quantitative estimate of drug-likeness (QED) is 0.652. The smallest absolute Gasteiger partial charge is 0.297 e. The van der Waals surface area contributed by atoms with Gasteiger partial charge in [-0.15, -0.1) is 0 Å². The van der Waals surface area contributed by atoms with Gasteiger partial charge in [0.15, 0.2) is 10.6 Å². The average Bonchev–Trinajstić information content (AvgIpc) is 3.11. The third-order valence-corrected chi connectivity index (χ3v) is 4.62. The van der Waals surface area contributed by atoms with E-state index in [2.05, 4.69) is 10.1 Å². The average molecular weight is 366 g/mol. The number of aryl methyl sites for hydroxylation is 1. The molecule has 2 aromatic heterocycles. The number of thiazole rings is 1.